The van der Waals surface area contributed by atoms with E-state index in [1.54, 1.807) is 0 Å². The molecule has 3 rings (SSSR count). The van der Waals surface area contributed by atoms with Crippen molar-refractivity contribution in [2.24, 2.45) is 17.3 Å². The number of carbonyl (C=O) groups is 2. The van der Waals surface area contributed by atoms with Gasteiger partial charge in [0.25, 0.3) is 0 Å². The first-order valence-corrected chi connectivity index (χ1v) is 13.3. The molecule has 2 amide bonds. The van der Waals surface area contributed by atoms with Crippen LogP contribution < -0.4 is 16.0 Å². The van der Waals surface area contributed by atoms with Gasteiger partial charge in [-0.3, -0.25) is 9.59 Å². The van der Waals surface area contributed by atoms with Gasteiger partial charge >= 0.3 is 0 Å². The Labute approximate surface area is 200 Å². The molecule has 1 saturated carbocycles. The Morgan fingerprint density at radius 2 is 2.00 bits per heavy atom. The maximum atomic E-state index is 13.7. The lowest BCUT2D eigenvalue weighted by Crippen LogP contribution is -2.58. The summed E-state index contributed by atoms with van der Waals surface area (Å²) in [5.41, 5.74) is -0.172. The molecule has 2 heterocycles. The quantitative estimate of drug-likeness (QED) is 0.504. The number of amides is 2. The first-order chi connectivity index (χ1) is 15.3. The zero-order chi connectivity index (χ0) is 23.1. The number of thiocarbonyl (C=S) groups is 1. The largest absolute Gasteiger partial charge is 0.367 e. The highest BCUT2D eigenvalue weighted by atomic mass is 32.1. The highest BCUT2D eigenvalue weighted by molar-refractivity contribution is 7.80. The molecule has 0 aromatic carbocycles. The average Bonchev–Trinajstić information content (AvgIpc) is 3.19. The van der Waals surface area contributed by atoms with Crippen LogP contribution in [0.2, 0.25) is 0 Å². The second-order valence-corrected chi connectivity index (χ2v) is 11.4. The molecule has 0 unspecified atom stereocenters. The van der Waals surface area contributed by atoms with E-state index in [2.05, 4.69) is 36.7 Å². The highest BCUT2D eigenvalue weighted by Gasteiger charge is 2.41. The lowest BCUT2D eigenvalue weighted by Gasteiger charge is -2.39. The molecular formula is C25H44N4O2S. The van der Waals surface area contributed by atoms with Gasteiger partial charge in [0, 0.05) is 31.6 Å². The molecule has 6 nitrogen and oxygen atoms in total. The molecule has 2 atom stereocenters. The predicted molar refractivity (Wildman–Crippen MR) is 134 cm³/mol. The standard InChI is InChI=1S/C25H44N4O2S/c1-4-5-9-18-14-19(15-18)23(30)27-16-20-10-8-13-29(20)24(31)22-25(2,3)11-6-7-12-26-17-21(32)28-22/h18-20,22,26H,4-17H2,1-3H3,(H,27,30)(H,28,32)/t18-,19-,20-,22-/m1/s1. The lowest BCUT2D eigenvalue weighted by molar-refractivity contribution is -0.137. The average molecular weight is 465 g/mol. The Bertz CT molecular complexity index is 662. The Morgan fingerprint density at radius 1 is 1.22 bits per heavy atom. The maximum absolute atomic E-state index is 13.7. The van der Waals surface area contributed by atoms with Gasteiger partial charge in [-0.15, -0.1) is 0 Å². The number of nitrogens with one attached hydrogen (secondary N) is 3. The van der Waals surface area contributed by atoms with Crippen molar-refractivity contribution in [1.29, 1.82) is 0 Å². The number of rotatable bonds is 7. The Morgan fingerprint density at radius 3 is 2.75 bits per heavy atom. The lowest BCUT2D eigenvalue weighted by atomic mass is 9.72. The Hall–Kier alpha value is -1.21. The summed E-state index contributed by atoms with van der Waals surface area (Å²) in [6.07, 6.45) is 10.9. The third-order valence-corrected chi connectivity index (χ3v) is 8.05. The van der Waals surface area contributed by atoms with Crippen LogP contribution in [0.4, 0.5) is 0 Å². The summed E-state index contributed by atoms with van der Waals surface area (Å²) < 4.78 is 0. The van der Waals surface area contributed by atoms with Crippen molar-refractivity contribution in [3.8, 4) is 0 Å². The molecule has 0 aromatic heterocycles. The van der Waals surface area contributed by atoms with Gasteiger partial charge in [-0.05, 0) is 56.4 Å². The van der Waals surface area contributed by atoms with Crippen molar-refractivity contribution < 1.29 is 9.59 Å². The second kappa shape index (κ2) is 11.8. The van der Waals surface area contributed by atoms with Crippen molar-refractivity contribution in [3.05, 3.63) is 0 Å². The van der Waals surface area contributed by atoms with Crippen LogP contribution in [-0.2, 0) is 9.59 Å². The van der Waals surface area contributed by atoms with Crippen LogP contribution in [0.15, 0.2) is 0 Å². The van der Waals surface area contributed by atoms with Gasteiger partial charge in [-0.25, -0.2) is 0 Å². The molecule has 0 radical (unpaired) electrons. The molecule has 3 N–H and O–H groups in total. The Kier molecular flexibility index (Phi) is 9.35. The third kappa shape index (κ3) is 6.66. The number of unbranched alkanes of at least 4 members (excludes halogenated alkanes) is 1. The van der Waals surface area contributed by atoms with E-state index in [1.807, 2.05) is 4.90 Å². The van der Waals surface area contributed by atoms with Crippen molar-refractivity contribution in [2.45, 2.75) is 97.1 Å². The first kappa shape index (κ1) is 25.4. The molecule has 0 bridgehead atoms. The van der Waals surface area contributed by atoms with E-state index in [9.17, 15) is 9.59 Å². The number of hydrogen-bond acceptors (Lipinski definition) is 4. The normalized spacial score (nSPS) is 30.8. The van der Waals surface area contributed by atoms with E-state index < -0.39 is 0 Å². The summed E-state index contributed by atoms with van der Waals surface area (Å²) in [6, 6.07) is -0.237. The van der Waals surface area contributed by atoms with E-state index in [1.165, 1.54) is 19.3 Å². The topological polar surface area (TPSA) is 73.5 Å². The Balaban J connectivity index is 1.55. The summed E-state index contributed by atoms with van der Waals surface area (Å²) in [7, 11) is 0. The SMILES string of the molecule is CCCC[C@H]1C[C@H](C(=O)NC[C@H]2CCCN2C(=O)[C@H]2NC(=S)CNCCCCC2(C)C)C1. The van der Waals surface area contributed by atoms with Gasteiger partial charge in [0.05, 0.1) is 4.99 Å². The van der Waals surface area contributed by atoms with E-state index in [0.717, 1.165) is 64.0 Å². The van der Waals surface area contributed by atoms with E-state index in [4.69, 9.17) is 12.2 Å². The zero-order valence-corrected chi connectivity index (χ0v) is 21.2. The van der Waals surface area contributed by atoms with Gasteiger partial charge in [0.15, 0.2) is 0 Å². The summed E-state index contributed by atoms with van der Waals surface area (Å²) in [4.78, 5) is 29.0. The van der Waals surface area contributed by atoms with Crippen LogP contribution in [-0.4, -0.2) is 60.0 Å². The molecule has 3 aliphatic rings. The summed E-state index contributed by atoms with van der Waals surface area (Å²) in [5, 5.41) is 9.92. The van der Waals surface area contributed by atoms with Crippen molar-refractivity contribution in [2.75, 3.05) is 26.2 Å². The van der Waals surface area contributed by atoms with Crippen molar-refractivity contribution >= 4 is 29.0 Å². The van der Waals surface area contributed by atoms with Crippen LogP contribution >= 0.6 is 12.2 Å². The monoisotopic (exact) mass is 464 g/mol. The number of nitrogens with zero attached hydrogens (tertiary/aromatic N) is 1. The summed E-state index contributed by atoms with van der Waals surface area (Å²) >= 11 is 5.53. The van der Waals surface area contributed by atoms with E-state index in [-0.39, 0.29) is 35.2 Å². The maximum Gasteiger partial charge on any atom is 0.245 e. The summed E-state index contributed by atoms with van der Waals surface area (Å²) in [5.74, 6) is 1.22. The molecular weight excluding hydrogens is 420 g/mol. The van der Waals surface area contributed by atoms with Crippen molar-refractivity contribution in [1.82, 2.24) is 20.9 Å². The van der Waals surface area contributed by atoms with Gasteiger partial charge in [0.2, 0.25) is 11.8 Å². The van der Waals surface area contributed by atoms with Crippen LogP contribution in [0, 0.1) is 17.3 Å². The second-order valence-electron chi connectivity index (χ2n) is 10.9. The van der Waals surface area contributed by atoms with Gasteiger partial charge in [-0.2, -0.15) is 0 Å². The zero-order valence-electron chi connectivity index (χ0n) is 20.4. The number of carbonyl (C=O) groups excluding carboxylic acids is 2. The fraction of sp³-hybridized carbons (Fsp3) is 0.880. The molecule has 2 saturated heterocycles. The van der Waals surface area contributed by atoms with Crippen LogP contribution in [0.5, 0.6) is 0 Å². The summed E-state index contributed by atoms with van der Waals surface area (Å²) in [6.45, 7) is 9.50. The minimum Gasteiger partial charge on any atom is -0.367 e. The minimum atomic E-state index is -0.322. The molecule has 1 aliphatic carbocycles. The minimum absolute atomic E-state index is 0.0853. The third-order valence-electron chi connectivity index (χ3n) is 7.79. The van der Waals surface area contributed by atoms with Gasteiger partial charge in [-0.1, -0.05) is 58.7 Å². The smallest absolute Gasteiger partial charge is 0.245 e. The molecule has 0 spiro atoms. The number of hydrogen-bond donors (Lipinski definition) is 3. The molecule has 0 aromatic rings. The van der Waals surface area contributed by atoms with E-state index >= 15 is 0 Å². The van der Waals surface area contributed by atoms with Gasteiger partial charge in [0.1, 0.15) is 6.04 Å². The van der Waals surface area contributed by atoms with E-state index in [0.29, 0.717) is 18.1 Å². The first-order valence-electron chi connectivity index (χ1n) is 12.9. The number of likely N-dealkylation sites (tertiary alicyclic amines) is 1. The van der Waals surface area contributed by atoms with Crippen LogP contribution in [0.1, 0.15) is 85.0 Å². The molecule has 7 heteroatoms. The van der Waals surface area contributed by atoms with Crippen molar-refractivity contribution in [3.63, 3.8) is 0 Å². The van der Waals surface area contributed by atoms with Gasteiger partial charge < -0.3 is 20.9 Å². The van der Waals surface area contributed by atoms with Crippen LogP contribution in [0.25, 0.3) is 0 Å². The fourth-order valence-corrected chi connectivity index (χ4v) is 5.75. The molecule has 32 heavy (non-hydrogen) atoms. The highest BCUT2D eigenvalue weighted by Crippen LogP contribution is 2.37. The molecule has 182 valence electrons. The molecule has 2 aliphatic heterocycles. The predicted octanol–water partition coefficient (Wildman–Crippen LogP) is 3.40. The van der Waals surface area contributed by atoms with Crippen LogP contribution in [0.3, 0.4) is 0 Å². The molecule has 3 fully saturated rings. The fourth-order valence-electron chi connectivity index (χ4n) is 5.53.